The van der Waals surface area contributed by atoms with Crippen LogP contribution in [0.15, 0.2) is 30.6 Å². The van der Waals surface area contributed by atoms with Crippen molar-refractivity contribution in [3.8, 4) is 0 Å². The molecule has 13 heteroatoms. The van der Waals surface area contributed by atoms with Crippen LogP contribution in [0.1, 0.15) is 76.2 Å². The summed E-state index contributed by atoms with van der Waals surface area (Å²) in [6, 6.07) is 5.79. The van der Waals surface area contributed by atoms with E-state index in [1.807, 2.05) is 76.7 Å². The SMILES string of the molecule is CC(=O)C(C)C.CC(C)C(=O)C(F)(F)C(F)(F)F.CC(C)C(=O)CCl.CC(C)C(=O)CF.CC(C)C(=O)C[n+]1ccccc1. The number of aromatic nitrogens is 1. The standard InChI is InChI=1S/C10H14NO.C6H7F5O.C5H9ClO.C5H9FO.C5H10O/c1-9(2)10(12)8-11-6-4-3-5-7-11;1-3(2)4(12)5(7,8)6(9,10)11;2*1-4(2)5(7)3-6;1-4(2)5(3)6/h3-7,9H,8H2,1-2H3;3H,1-2H3;2*4H,3H2,1-2H3;4H,1-3H3/q+1;;;;. The van der Waals surface area contributed by atoms with Crippen molar-refractivity contribution < 1.29 is 54.9 Å². The van der Waals surface area contributed by atoms with Gasteiger partial charge in [-0.3, -0.25) is 24.0 Å². The van der Waals surface area contributed by atoms with Gasteiger partial charge in [0.15, 0.2) is 24.0 Å². The normalized spacial score (nSPS) is 10.9. The molecule has 0 radical (unpaired) electrons. The van der Waals surface area contributed by atoms with Crippen LogP contribution in [0.2, 0.25) is 0 Å². The Morgan fingerprint density at radius 1 is 0.636 bits per heavy atom. The minimum atomic E-state index is -5.78. The Balaban J connectivity index is -0.000000235. The molecular formula is C31H49ClF6NO5+. The summed E-state index contributed by atoms with van der Waals surface area (Å²) < 4.78 is 71.8. The maximum absolute atomic E-state index is 12.1. The molecule has 0 aliphatic rings. The highest BCUT2D eigenvalue weighted by molar-refractivity contribution is 6.27. The zero-order chi connectivity index (χ0) is 36.0. The molecule has 0 bridgehead atoms. The number of rotatable bonds is 10. The summed E-state index contributed by atoms with van der Waals surface area (Å²) in [6.07, 6.45) is -1.98. The maximum atomic E-state index is 12.1. The minimum absolute atomic E-state index is 0.0949. The molecule has 0 aliphatic carbocycles. The van der Waals surface area contributed by atoms with Crippen LogP contribution in [0.3, 0.4) is 0 Å². The fourth-order valence-corrected chi connectivity index (χ4v) is 2.02. The molecule has 0 spiro atoms. The van der Waals surface area contributed by atoms with Gasteiger partial charge in [-0.1, -0.05) is 75.3 Å². The van der Waals surface area contributed by atoms with E-state index in [2.05, 4.69) is 0 Å². The Morgan fingerprint density at radius 3 is 1.16 bits per heavy atom. The number of hydrogen-bond acceptors (Lipinski definition) is 5. The molecule has 0 fully saturated rings. The number of nitrogens with zero attached hydrogens (tertiary/aromatic N) is 1. The third kappa shape index (κ3) is 24.8. The highest BCUT2D eigenvalue weighted by Gasteiger charge is 2.63. The molecule has 0 aromatic carbocycles. The van der Waals surface area contributed by atoms with Gasteiger partial charge in [-0.25, -0.2) is 4.39 Å². The molecule has 0 aliphatic heterocycles. The molecule has 0 saturated heterocycles. The lowest BCUT2D eigenvalue weighted by Gasteiger charge is -2.19. The van der Waals surface area contributed by atoms with Gasteiger partial charge < -0.3 is 0 Å². The first-order valence-corrected chi connectivity index (χ1v) is 14.5. The third-order valence-corrected chi connectivity index (χ3v) is 5.58. The second kappa shape index (κ2) is 24.7. The van der Waals surface area contributed by atoms with Crippen molar-refractivity contribution in [2.75, 3.05) is 12.6 Å². The molecule has 0 atom stereocenters. The number of alkyl halides is 7. The van der Waals surface area contributed by atoms with E-state index in [0.717, 1.165) is 13.8 Å². The predicted molar refractivity (Wildman–Crippen MR) is 159 cm³/mol. The third-order valence-electron chi connectivity index (χ3n) is 5.31. The van der Waals surface area contributed by atoms with Crippen LogP contribution in [0.25, 0.3) is 0 Å². The second-order valence-electron chi connectivity index (χ2n) is 11.0. The number of carbonyl (C=O) groups is 5. The smallest absolute Gasteiger partial charge is 0.300 e. The van der Waals surface area contributed by atoms with Crippen LogP contribution in [-0.4, -0.2) is 53.6 Å². The number of ketones is 5. The van der Waals surface area contributed by atoms with E-state index in [-0.39, 0.29) is 52.7 Å². The van der Waals surface area contributed by atoms with Crippen molar-refractivity contribution in [1.82, 2.24) is 0 Å². The van der Waals surface area contributed by atoms with Crippen molar-refractivity contribution in [1.29, 1.82) is 0 Å². The van der Waals surface area contributed by atoms with Gasteiger partial charge in [0.25, 0.3) is 0 Å². The molecule has 0 saturated carbocycles. The van der Waals surface area contributed by atoms with Crippen LogP contribution < -0.4 is 4.57 Å². The van der Waals surface area contributed by atoms with Gasteiger partial charge in [-0.05, 0) is 6.92 Å². The minimum Gasteiger partial charge on any atom is -0.300 e. The zero-order valence-corrected chi connectivity index (χ0v) is 28.3. The molecule has 1 heterocycles. The maximum Gasteiger partial charge on any atom is 0.461 e. The molecule has 0 unspecified atom stereocenters. The van der Waals surface area contributed by atoms with E-state index in [1.54, 1.807) is 20.8 Å². The van der Waals surface area contributed by atoms with Crippen molar-refractivity contribution in [2.45, 2.75) is 94.8 Å². The summed E-state index contributed by atoms with van der Waals surface area (Å²) in [5.74, 6) is -7.90. The summed E-state index contributed by atoms with van der Waals surface area (Å²) in [5.41, 5.74) is 0. The van der Waals surface area contributed by atoms with E-state index in [4.69, 9.17) is 11.6 Å². The average molecular weight is 665 g/mol. The Morgan fingerprint density at radius 2 is 1.00 bits per heavy atom. The molecule has 1 rings (SSSR count). The van der Waals surface area contributed by atoms with Gasteiger partial charge in [0.05, 0.1) is 5.88 Å². The molecule has 44 heavy (non-hydrogen) atoms. The topological polar surface area (TPSA) is 89.2 Å². The lowest BCUT2D eigenvalue weighted by molar-refractivity contribution is -0.684. The molecular weight excluding hydrogens is 616 g/mol. The van der Waals surface area contributed by atoms with Crippen LogP contribution >= 0.6 is 11.6 Å². The zero-order valence-electron chi connectivity index (χ0n) is 27.5. The number of pyridine rings is 1. The molecule has 0 amide bonds. The van der Waals surface area contributed by atoms with Gasteiger partial charge in [0.2, 0.25) is 12.3 Å². The van der Waals surface area contributed by atoms with Gasteiger partial charge in [0, 0.05) is 41.7 Å². The van der Waals surface area contributed by atoms with E-state index in [9.17, 15) is 50.3 Å². The first-order valence-electron chi connectivity index (χ1n) is 13.9. The van der Waals surface area contributed by atoms with Crippen LogP contribution in [0, 0.1) is 29.6 Å². The average Bonchev–Trinajstić information content (AvgIpc) is 2.92. The molecule has 6 nitrogen and oxygen atoms in total. The summed E-state index contributed by atoms with van der Waals surface area (Å²) in [7, 11) is 0. The van der Waals surface area contributed by atoms with Gasteiger partial charge in [-0.2, -0.15) is 26.5 Å². The van der Waals surface area contributed by atoms with E-state index >= 15 is 0 Å². The number of Topliss-reactive ketones (excluding diaryl/α,β-unsaturated/α-hetero) is 5. The fourth-order valence-electron chi connectivity index (χ4n) is 1.71. The molecule has 0 N–H and O–H groups in total. The number of halogens is 7. The van der Waals surface area contributed by atoms with Crippen LogP contribution in [-0.2, 0) is 30.5 Å². The first-order chi connectivity index (χ1) is 19.8. The highest BCUT2D eigenvalue weighted by atomic mass is 35.5. The Bertz CT molecular complexity index is 960. The molecule has 1 aromatic heterocycles. The summed E-state index contributed by atoms with van der Waals surface area (Å²) in [6.45, 7) is 17.9. The monoisotopic (exact) mass is 664 g/mol. The predicted octanol–water partition coefficient (Wildman–Crippen LogP) is 7.47. The number of carbonyl (C=O) groups excluding carboxylic acids is 5. The van der Waals surface area contributed by atoms with Crippen molar-refractivity contribution in [3.63, 3.8) is 0 Å². The summed E-state index contributed by atoms with van der Waals surface area (Å²) in [5, 5.41) is 0. The van der Waals surface area contributed by atoms with Gasteiger partial charge >= 0.3 is 12.1 Å². The second-order valence-corrected chi connectivity index (χ2v) is 11.3. The van der Waals surface area contributed by atoms with Crippen LogP contribution in [0.5, 0.6) is 0 Å². The lowest BCUT2D eigenvalue weighted by atomic mass is 10.0. The Hall–Kier alpha value is -2.63. The van der Waals surface area contributed by atoms with Gasteiger partial charge in [-0.15, -0.1) is 11.6 Å². The first kappa shape index (κ1) is 48.3. The fraction of sp³-hybridized carbons (Fsp3) is 0.677. The van der Waals surface area contributed by atoms with Gasteiger partial charge in [0.1, 0.15) is 18.2 Å². The lowest BCUT2D eigenvalue weighted by Crippen LogP contribution is -2.46. The quantitative estimate of drug-likeness (QED) is 0.147. The van der Waals surface area contributed by atoms with E-state index < -0.39 is 30.5 Å². The van der Waals surface area contributed by atoms with E-state index in [0.29, 0.717) is 6.54 Å². The van der Waals surface area contributed by atoms with Crippen molar-refractivity contribution >= 4 is 40.5 Å². The Kier molecular flexibility index (Phi) is 27.1. The summed E-state index contributed by atoms with van der Waals surface area (Å²) >= 11 is 5.20. The largest absolute Gasteiger partial charge is 0.461 e. The summed E-state index contributed by atoms with van der Waals surface area (Å²) in [4.78, 5) is 52.3. The van der Waals surface area contributed by atoms with Crippen LogP contribution in [0.4, 0.5) is 26.3 Å². The highest BCUT2D eigenvalue weighted by Crippen LogP contribution is 2.37. The molecule has 1 aromatic rings. The van der Waals surface area contributed by atoms with Crippen molar-refractivity contribution in [2.24, 2.45) is 29.6 Å². The number of hydrogen-bond donors (Lipinski definition) is 0. The molecule has 256 valence electrons. The van der Waals surface area contributed by atoms with Crippen molar-refractivity contribution in [3.05, 3.63) is 30.6 Å². The van der Waals surface area contributed by atoms with E-state index in [1.165, 1.54) is 0 Å². The Labute approximate surface area is 262 Å².